The van der Waals surface area contributed by atoms with Gasteiger partial charge in [-0.25, -0.2) is 0 Å². The van der Waals surface area contributed by atoms with Crippen LogP contribution in [0.4, 0.5) is 0 Å². The van der Waals surface area contributed by atoms with Crippen molar-refractivity contribution in [2.45, 2.75) is 12.6 Å². The molecule has 1 fully saturated rings. The minimum Gasteiger partial charge on any atom is -0.351 e. The Morgan fingerprint density at radius 1 is 1.25 bits per heavy atom. The summed E-state index contributed by atoms with van der Waals surface area (Å²) in [6.07, 6.45) is 0. The Kier molecular flexibility index (Phi) is 5.29. The second-order valence-electron chi connectivity index (χ2n) is 4.63. The Balaban J connectivity index is 0.00000147. The number of carbonyl (C=O) groups is 1. The van der Waals surface area contributed by atoms with E-state index in [2.05, 4.69) is 34.9 Å². The first-order chi connectivity index (χ1) is 9.34. The Labute approximate surface area is 128 Å². The Hall–Kier alpha value is -1.23. The Morgan fingerprint density at radius 2 is 2.05 bits per heavy atom. The SMILES string of the molecule is Cl.O=C(NCc1cccc2ccccc12)C1CSCN1. The fourth-order valence-electron chi connectivity index (χ4n) is 2.32. The van der Waals surface area contributed by atoms with Crippen molar-refractivity contribution in [3.8, 4) is 0 Å². The number of fused-ring (bicyclic) bond motifs is 1. The van der Waals surface area contributed by atoms with Crippen molar-refractivity contribution < 1.29 is 4.79 Å². The van der Waals surface area contributed by atoms with Gasteiger partial charge in [0, 0.05) is 18.2 Å². The van der Waals surface area contributed by atoms with Crippen LogP contribution in [0.25, 0.3) is 10.8 Å². The molecule has 0 bridgehead atoms. The van der Waals surface area contributed by atoms with Crippen LogP contribution in [0.5, 0.6) is 0 Å². The van der Waals surface area contributed by atoms with Crippen molar-refractivity contribution in [3.63, 3.8) is 0 Å². The molecule has 0 spiro atoms. The highest BCUT2D eigenvalue weighted by molar-refractivity contribution is 7.99. The zero-order valence-electron chi connectivity index (χ0n) is 11.0. The molecule has 3 nitrogen and oxygen atoms in total. The average Bonchev–Trinajstić information content (AvgIpc) is 2.99. The lowest BCUT2D eigenvalue weighted by atomic mass is 10.0. The third-order valence-electron chi connectivity index (χ3n) is 3.37. The van der Waals surface area contributed by atoms with Crippen molar-refractivity contribution in [1.82, 2.24) is 10.6 Å². The van der Waals surface area contributed by atoms with Gasteiger partial charge >= 0.3 is 0 Å². The smallest absolute Gasteiger partial charge is 0.238 e. The van der Waals surface area contributed by atoms with E-state index in [1.807, 2.05) is 18.2 Å². The van der Waals surface area contributed by atoms with Gasteiger partial charge in [-0.05, 0) is 16.3 Å². The number of carbonyl (C=O) groups excluding carboxylic acids is 1. The summed E-state index contributed by atoms with van der Waals surface area (Å²) in [6.45, 7) is 0.586. The molecule has 0 saturated carbocycles. The van der Waals surface area contributed by atoms with E-state index in [0.717, 1.165) is 17.2 Å². The summed E-state index contributed by atoms with van der Waals surface area (Å²) in [5.74, 6) is 1.83. The molecule has 3 rings (SSSR count). The molecular formula is C15H17ClN2OS. The van der Waals surface area contributed by atoms with Crippen molar-refractivity contribution in [1.29, 1.82) is 0 Å². The van der Waals surface area contributed by atoms with E-state index >= 15 is 0 Å². The molecule has 20 heavy (non-hydrogen) atoms. The van der Waals surface area contributed by atoms with Crippen molar-refractivity contribution in [2.75, 3.05) is 11.6 Å². The predicted octanol–water partition coefficient (Wildman–Crippen LogP) is 2.54. The lowest BCUT2D eigenvalue weighted by Crippen LogP contribution is -2.41. The molecule has 1 atom stereocenters. The first kappa shape index (κ1) is 15.2. The molecule has 106 valence electrons. The van der Waals surface area contributed by atoms with Gasteiger partial charge < -0.3 is 5.32 Å². The maximum absolute atomic E-state index is 12.0. The monoisotopic (exact) mass is 308 g/mol. The normalized spacial score (nSPS) is 17.7. The zero-order valence-corrected chi connectivity index (χ0v) is 12.6. The van der Waals surface area contributed by atoms with Crippen molar-refractivity contribution in [3.05, 3.63) is 48.0 Å². The number of hydrogen-bond donors (Lipinski definition) is 2. The molecule has 5 heteroatoms. The number of hydrogen-bond acceptors (Lipinski definition) is 3. The number of amides is 1. The highest BCUT2D eigenvalue weighted by Crippen LogP contribution is 2.18. The summed E-state index contributed by atoms with van der Waals surface area (Å²) < 4.78 is 0. The molecule has 2 aromatic carbocycles. The minimum absolute atomic E-state index is 0. The van der Waals surface area contributed by atoms with E-state index in [9.17, 15) is 4.79 Å². The maximum Gasteiger partial charge on any atom is 0.238 e. The van der Waals surface area contributed by atoms with Crippen molar-refractivity contribution in [2.24, 2.45) is 0 Å². The van der Waals surface area contributed by atoms with E-state index < -0.39 is 0 Å². The van der Waals surface area contributed by atoms with Gasteiger partial charge in [0.25, 0.3) is 0 Å². The molecule has 1 amide bonds. The third-order valence-corrected chi connectivity index (χ3v) is 4.31. The zero-order chi connectivity index (χ0) is 13.1. The number of halogens is 1. The van der Waals surface area contributed by atoms with Crippen LogP contribution in [0.15, 0.2) is 42.5 Å². The molecule has 0 aromatic heterocycles. The van der Waals surface area contributed by atoms with Gasteiger partial charge in [-0.15, -0.1) is 24.2 Å². The van der Waals surface area contributed by atoms with Crippen molar-refractivity contribution >= 4 is 40.8 Å². The second kappa shape index (κ2) is 6.97. The van der Waals surface area contributed by atoms with Crippen LogP contribution >= 0.6 is 24.2 Å². The standard InChI is InChI=1S/C15H16N2OS.ClH/c18-15(14-9-19-10-17-14)16-8-12-6-3-5-11-4-1-2-7-13(11)12;/h1-7,14,17H,8-10H2,(H,16,18);1H. The topological polar surface area (TPSA) is 41.1 Å². The molecule has 0 aliphatic carbocycles. The molecule has 2 aromatic rings. The molecule has 0 radical (unpaired) electrons. The van der Waals surface area contributed by atoms with Crippen LogP contribution in [0.1, 0.15) is 5.56 Å². The van der Waals surface area contributed by atoms with Gasteiger partial charge in [-0.2, -0.15) is 0 Å². The van der Waals surface area contributed by atoms with E-state index in [4.69, 9.17) is 0 Å². The lowest BCUT2D eigenvalue weighted by Gasteiger charge is -2.12. The maximum atomic E-state index is 12.0. The molecule has 2 N–H and O–H groups in total. The molecular weight excluding hydrogens is 292 g/mol. The van der Waals surface area contributed by atoms with Gasteiger partial charge in [-0.3, -0.25) is 10.1 Å². The molecule has 1 aliphatic heterocycles. The average molecular weight is 309 g/mol. The molecule has 1 heterocycles. The summed E-state index contributed by atoms with van der Waals surface area (Å²) in [5.41, 5.74) is 1.16. The number of thioether (sulfide) groups is 1. The lowest BCUT2D eigenvalue weighted by molar-refractivity contribution is -0.122. The third kappa shape index (κ3) is 3.26. The van der Waals surface area contributed by atoms with E-state index in [-0.39, 0.29) is 24.4 Å². The van der Waals surface area contributed by atoms with Gasteiger partial charge in [0.05, 0.1) is 6.04 Å². The van der Waals surface area contributed by atoms with Gasteiger partial charge in [0.15, 0.2) is 0 Å². The minimum atomic E-state index is -0.0417. The quantitative estimate of drug-likeness (QED) is 0.915. The van der Waals surface area contributed by atoms with E-state index in [0.29, 0.717) is 6.54 Å². The Morgan fingerprint density at radius 3 is 2.85 bits per heavy atom. The van der Waals surface area contributed by atoms with Crippen LogP contribution in [-0.4, -0.2) is 23.6 Å². The summed E-state index contributed by atoms with van der Waals surface area (Å²) >= 11 is 1.76. The van der Waals surface area contributed by atoms with Crippen LogP contribution in [0.3, 0.4) is 0 Å². The van der Waals surface area contributed by atoms with Gasteiger partial charge in [0.2, 0.25) is 5.91 Å². The Bertz CT molecular complexity index is 594. The molecule has 1 saturated heterocycles. The second-order valence-corrected chi connectivity index (χ2v) is 5.66. The summed E-state index contributed by atoms with van der Waals surface area (Å²) in [6, 6.07) is 14.4. The van der Waals surface area contributed by atoms with Crippen LogP contribution in [0.2, 0.25) is 0 Å². The van der Waals surface area contributed by atoms with Gasteiger partial charge in [-0.1, -0.05) is 42.5 Å². The summed E-state index contributed by atoms with van der Waals surface area (Å²) in [7, 11) is 0. The fraction of sp³-hybridized carbons (Fsp3) is 0.267. The predicted molar refractivity (Wildman–Crippen MR) is 87.3 cm³/mol. The van der Waals surface area contributed by atoms with Crippen LogP contribution < -0.4 is 10.6 Å². The highest BCUT2D eigenvalue weighted by atomic mass is 35.5. The number of nitrogens with one attached hydrogen (secondary N) is 2. The van der Waals surface area contributed by atoms with Crippen LogP contribution in [-0.2, 0) is 11.3 Å². The highest BCUT2D eigenvalue weighted by Gasteiger charge is 2.21. The number of rotatable bonds is 3. The molecule has 1 unspecified atom stereocenters. The first-order valence-corrected chi connectivity index (χ1v) is 7.55. The first-order valence-electron chi connectivity index (χ1n) is 6.40. The largest absolute Gasteiger partial charge is 0.351 e. The summed E-state index contributed by atoms with van der Waals surface area (Å²) in [5, 5.41) is 8.62. The molecule has 1 aliphatic rings. The summed E-state index contributed by atoms with van der Waals surface area (Å²) in [4.78, 5) is 12.0. The number of benzene rings is 2. The van der Waals surface area contributed by atoms with E-state index in [1.54, 1.807) is 11.8 Å². The van der Waals surface area contributed by atoms with Crippen LogP contribution in [0, 0.1) is 0 Å². The van der Waals surface area contributed by atoms with Gasteiger partial charge in [0.1, 0.15) is 0 Å². The van der Waals surface area contributed by atoms with E-state index in [1.165, 1.54) is 10.8 Å². The fourth-order valence-corrected chi connectivity index (χ4v) is 3.26.